The van der Waals surface area contributed by atoms with Crippen molar-refractivity contribution >= 4 is 34.8 Å². The topological polar surface area (TPSA) is 79.2 Å². The second-order valence-corrected chi connectivity index (χ2v) is 15.8. The summed E-state index contributed by atoms with van der Waals surface area (Å²) in [6.45, 7) is 8.37. The van der Waals surface area contributed by atoms with Crippen LogP contribution in [-0.4, -0.2) is 94.4 Å². The molecular formula is C42H52Cl2N6O2. The van der Waals surface area contributed by atoms with Gasteiger partial charge in [-0.1, -0.05) is 59.6 Å². The number of hydrogen-bond donors (Lipinski definition) is 2. The highest BCUT2D eigenvalue weighted by molar-refractivity contribution is 6.30. The third kappa shape index (κ3) is 8.92. The van der Waals surface area contributed by atoms with Gasteiger partial charge in [0.1, 0.15) is 11.6 Å². The SMILES string of the molecule is OC1(c2ccc(Cl)cc2)CCC(N2CCN(c3ccccn3)CC2)CC1.OC1(c2ccc(Cl)cc2)CCC(N2CCN(c3ccccn3)CC2)CC1. The molecule has 10 heteroatoms. The van der Waals surface area contributed by atoms with Crippen LogP contribution >= 0.6 is 23.2 Å². The van der Waals surface area contributed by atoms with E-state index in [0.29, 0.717) is 12.1 Å². The fraction of sp³-hybridized carbons (Fsp3) is 0.476. The number of hydrogen-bond acceptors (Lipinski definition) is 8. The van der Waals surface area contributed by atoms with Crippen molar-refractivity contribution in [2.45, 2.75) is 74.7 Å². The van der Waals surface area contributed by atoms with Gasteiger partial charge in [0, 0.05) is 86.9 Å². The van der Waals surface area contributed by atoms with Crippen LogP contribution in [0.25, 0.3) is 0 Å². The molecule has 52 heavy (non-hydrogen) atoms. The molecule has 0 radical (unpaired) electrons. The van der Waals surface area contributed by atoms with E-state index in [1.165, 1.54) is 0 Å². The Morgan fingerprint density at radius 3 is 1.13 bits per heavy atom. The molecule has 2 saturated carbocycles. The minimum absolute atomic E-state index is 0.577. The third-order valence-corrected chi connectivity index (χ3v) is 12.4. The molecule has 2 aromatic carbocycles. The lowest BCUT2D eigenvalue weighted by Crippen LogP contribution is -2.52. The number of nitrogens with zero attached hydrogens (tertiary/aromatic N) is 6. The zero-order chi connectivity index (χ0) is 36.0. The maximum Gasteiger partial charge on any atom is 0.128 e. The highest BCUT2D eigenvalue weighted by Crippen LogP contribution is 2.40. The summed E-state index contributed by atoms with van der Waals surface area (Å²) in [6, 6.07) is 28.7. The summed E-state index contributed by atoms with van der Waals surface area (Å²) >= 11 is 12.0. The van der Waals surface area contributed by atoms with Crippen molar-refractivity contribution in [3.63, 3.8) is 0 Å². The molecule has 0 bridgehead atoms. The summed E-state index contributed by atoms with van der Waals surface area (Å²) in [7, 11) is 0. The quantitative estimate of drug-likeness (QED) is 0.212. The molecular weight excluding hydrogens is 691 g/mol. The lowest BCUT2D eigenvalue weighted by molar-refractivity contribution is -0.0260. The molecule has 0 atom stereocenters. The highest BCUT2D eigenvalue weighted by Gasteiger charge is 2.38. The number of piperazine rings is 2. The van der Waals surface area contributed by atoms with E-state index in [-0.39, 0.29) is 0 Å². The van der Waals surface area contributed by atoms with E-state index in [4.69, 9.17) is 23.2 Å². The largest absolute Gasteiger partial charge is 0.385 e. The molecule has 2 N–H and O–H groups in total. The molecule has 0 amide bonds. The first-order valence-electron chi connectivity index (χ1n) is 19.0. The van der Waals surface area contributed by atoms with Crippen LogP contribution in [0.4, 0.5) is 11.6 Å². The van der Waals surface area contributed by atoms with Crippen LogP contribution in [-0.2, 0) is 11.2 Å². The second-order valence-electron chi connectivity index (χ2n) is 15.0. The van der Waals surface area contributed by atoms with Gasteiger partial charge in [0.15, 0.2) is 0 Å². The summed E-state index contributed by atoms with van der Waals surface area (Å²) in [5.74, 6) is 2.15. The van der Waals surface area contributed by atoms with Gasteiger partial charge < -0.3 is 20.0 Å². The molecule has 4 aromatic rings. The Morgan fingerprint density at radius 2 is 0.827 bits per heavy atom. The van der Waals surface area contributed by atoms with Crippen LogP contribution in [0.3, 0.4) is 0 Å². The van der Waals surface area contributed by atoms with Gasteiger partial charge in [-0.2, -0.15) is 0 Å². The first kappa shape index (κ1) is 37.1. The van der Waals surface area contributed by atoms with Gasteiger partial charge in [0.05, 0.1) is 11.2 Å². The van der Waals surface area contributed by atoms with Gasteiger partial charge in [-0.15, -0.1) is 0 Å². The number of pyridine rings is 2. The monoisotopic (exact) mass is 742 g/mol. The molecule has 2 aliphatic heterocycles. The molecule has 4 heterocycles. The maximum atomic E-state index is 11.1. The number of rotatable bonds is 6. The molecule has 2 saturated heterocycles. The Bertz CT molecular complexity index is 1540. The first-order valence-corrected chi connectivity index (χ1v) is 19.8. The Morgan fingerprint density at radius 1 is 0.481 bits per heavy atom. The third-order valence-electron chi connectivity index (χ3n) is 11.9. The summed E-state index contributed by atoms with van der Waals surface area (Å²) in [4.78, 5) is 18.9. The minimum atomic E-state index is -0.698. The van der Waals surface area contributed by atoms with E-state index in [1.807, 2.05) is 85.2 Å². The van der Waals surface area contributed by atoms with Crippen LogP contribution in [0.1, 0.15) is 62.5 Å². The molecule has 8 nitrogen and oxygen atoms in total. The number of benzene rings is 2. The zero-order valence-corrected chi connectivity index (χ0v) is 31.6. The van der Waals surface area contributed by atoms with E-state index >= 15 is 0 Å². The number of aromatic nitrogens is 2. The fourth-order valence-corrected chi connectivity index (χ4v) is 8.95. The Kier molecular flexibility index (Phi) is 12.0. The normalized spacial score (nSPS) is 27.5. The van der Waals surface area contributed by atoms with Gasteiger partial charge in [0.25, 0.3) is 0 Å². The van der Waals surface area contributed by atoms with Crippen molar-refractivity contribution in [2.24, 2.45) is 0 Å². The van der Waals surface area contributed by atoms with Gasteiger partial charge >= 0.3 is 0 Å². The molecule has 8 rings (SSSR count). The lowest BCUT2D eigenvalue weighted by Gasteiger charge is -2.44. The van der Waals surface area contributed by atoms with Crippen LogP contribution < -0.4 is 9.80 Å². The molecule has 0 unspecified atom stereocenters. The predicted molar refractivity (Wildman–Crippen MR) is 211 cm³/mol. The standard InChI is InChI=1S/2C21H26ClN3O/c2*22-18-6-4-17(5-7-18)21(26)10-8-19(9-11-21)24-13-15-25(16-14-24)20-3-1-2-12-23-20/h2*1-7,12,19,26H,8-11,13-16H2. The van der Waals surface area contributed by atoms with Crippen molar-refractivity contribution in [2.75, 3.05) is 62.2 Å². The summed E-state index contributed by atoms with van der Waals surface area (Å²) in [5, 5.41) is 23.6. The predicted octanol–water partition coefficient (Wildman–Crippen LogP) is 7.37. The summed E-state index contributed by atoms with van der Waals surface area (Å²) in [5.41, 5.74) is 0.605. The van der Waals surface area contributed by atoms with Crippen molar-refractivity contribution < 1.29 is 10.2 Å². The fourth-order valence-electron chi connectivity index (χ4n) is 8.70. The maximum absolute atomic E-state index is 11.1. The van der Waals surface area contributed by atoms with E-state index in [0.717, 1.165) is 137 Å². The van der Waals surface area contributed by atoms with E-state index < -0.39 is 11.2 Å². The van der Waals surface area contributed by atoms with Crippen molar-refractivity contribution in [3.05, 3.63) is 118 Å². The molecule has 276 valence electrons. The molecule has 2 aromatic heterocycles. The summed E-state index contributed by atoms with van der Waals surface area (Å²) in [6.07, 6.45) is 11.2. The Balaban J connectivity index is 0.000000162. The van der Waals surface area contributed by atoms with Gasteiger partial charge in [-0.25, -0.2) is 9.97 Å². The van der Waals surface area contributed by atoms with Crippen LogP contribution in [0.5, 0.6) is 0 Å². The minimum Gasteiger partial charge on any atom is -0.385 e. The molecule has 0 spiro atoms. The Hall–Kier alpha value is -3.24. The molecule has 4 aliphatic rings. The second kappa shape index (κ2) is 16.8. The Labute approximate surface area is 319 Å². The van der Waals surface area contributed by atoms with Crippen molar-refractivity contribution in [1.82, 2.24) is 19.8 Å². The summed E-state index contributed by atoms with van der Waals surface area (Å²) < 4.78 is 0. The van der Waals surface area contributed by atoms with Crippen LogP contribution in [0.15, 0.2) is 97.3 Å². The van der Waals surface area contributed by atoms with Gasteiger partial charge in [0.2, 0.25) is 0 Å². The van der Waals surface area contributed by atoms with E-state index in [2.05, 4.69) is 41.7 Å². The van der Waals surface area contributed by atoms with Gasteiger partial charge in [-0.05, 0) is 111 Å². The average Bonchev–Trinajstić information content (AvgIpc) is 3.20. The smallest absolute Gasteiger partial charge is 0.128 e. The van der Waals surface area contributed by atoms with Crippen LogP contribution in [0, 0.1) is 0 Å². The molecule has 2 aliphatic carbocycles. The number of halogens is 2. The number of anilines is 2. The number of aliphatic hydroxyl groups is 2. The highest BCUT2D eigenvalue weighted by atomic mass is 35.5. The van der Waals surface area contributed by atoms with Crippen molar-refractivity contribution in [1.29, 1.82) is 0 Å². The first-order chi connectivity index (χ1) is 25.3. The lowest BCUT2D eigenvalue weighted by atomic mass is 9.77. The van der Waals surface area contributed by atoms with Crippen molar-refractivity contribution in [3.8, 4) is 0 Å². The van der Waals surface area contributed by atoms with E-state index in [1.54, 1.807) is 0 Å². The van der Waals surface area contributed by atoms with Gasteiger partial charge in [-0.3, -0.25) is 9.80 Å². The van der Waals surface area contributed by atoms with Crippen LogP contribution in [0.2, 0.25) is 10.0 Å². The molecule has 4 fully saturated rings. The zero-order valence-electron chi connectivity index (χ0n) is 30.0. The van der Waals surface area contributed by atoms with E-state index in [9.17, 15) is 10.2 Å². The average molecular weight is 744 g/mol.